The SMILES string of the molecule is C=C(C)C(=O)NCCCC(=O)/C=C/C(=O)OC(C)C.C=C(C)C(=O)NCCCCCC(=O)/C=C/C(=O)OC(C)C.C=C(C)C(=O)NCCCCCC(=O)CCC(=O)OC(C)C.C=C(C)C(=O)OCCCCCC(=O)/C=C/C(=O)OC(C)C.C=C(C)C(=O)OCCCCCC(=O)CCC(=O)OC(C)C. The Bertz CT molecular complexity index is 2670. The Morgan fingerprint density at radius 1 is 0.282 bits per heavy atom. The number of hydrogen-bond acceptors (Lipinski definition) is 22. The van der Waals surface area contributed by atoms with Crippen LogP contribution in [0.25, 0.3) is 0 Å². The number of ether oxygens (including phenoxy) is 7. The first-order chi connectivity index (χ1) is 48.1. The molecule has 0 aliphatic heterocycles. The summed E-state index contributed by atoms with van der Waals surface area (Å²) in [7, 11) is 0. The lowest BCUT2D eigenvalue weighted by Crippen LogP contribution is -2.25. The number of carbonyl (C=O) groups is 15. The number of Topliss-reactive ketones (excluding diaryl/α,β-unsaturated/α-hetero) is 2. The van der Waals surface area contributed by atoms with Gasteiger partial charge in [0.05, 0.1) is 56.6 Å². The number of carbonyl (C=O) groups excluding carboxylic acids is 15. The summed E-state index contributed by atoms with van der Waals surface area (Å²) in [6.45, 7) is 45.5. The van der Waals surface area contributed by atoms with Crippen molar-refractivity contribution in [3.63, 3.8) is 0 Å². The Morgan fingerprint density at radius 2 is 0.534 bits per heavy atom. The average molecular weight is 1450 g/mol. The highest BCUT2D eigenvalue weighted by molar-refractivity contribution is 5.98. The molecule has 25 nitrogen and oxygen atoms in total. The van der Waals surface area contributed by atoms with Crippen molar-refractivity contribution in [1.29, 1.82) is 0 Å². The molecule has 0 bridgehead atoms. The van der Waals surface area contributed by atoms with Crippen LogP contribution in [0.2, 0.25) is 0 Å². The summed E-state index contributed by atoms with van der Waals surface area (Å²) in [6, 6.07) is 0. The fraction of sp³-hybridized carbons (Fsp3) is 0.603. The molecule has 0 heterocycles. The van der Waals surface area contributed by atoms with Crippen molar-refractivity contribution >= 4 is 88.4 Å². The molecule has 0 radical (unpaired) electrons. The van der Waals surface area contributed by atoms with Gasteiger partial charge in [-0.15, -0.1) is 0 Å². The van der Waals surface area contributed by atoms with Gasteiger partial charge in [0.15, 0.2) is 17.3 Å². The molecule has 0 aromatic carbocycles. The first-order valence-corrected chi connectivity index (χ1v) is 35.3. The van der Waals surface area contributed by atoms with E-state index >= 15 is 0 Å². The Labute approximate surface area is 612 Å². The van der Waals surface area contributed by atoms with Crippen molar-refractivity contribution in [3.8, 4) is 0 Å². The van der Waals surface area contributed by atoms with E-state index in [1.807, 2.05) is 0 Å². The molecule has 3 N–H and O–H groups in total. The number of hydrogen-bond donors (Lipinski definition) is 3. The van der Waals surface area contributed by atoms with E-state index in [0.717, 1.165) is 82.4 Å². The van der Waals surface area contributed by atoms with Crippen LogP contribution < -0.4 is 16.0 Å². The summed E-state index contributed by atoms with van der Waals surface area (Å²) in [6.07, 6.45) is 18.8. The van der Waals surface area contributed by atoms with Gasteiger partial charge in [-0.25, -0.2) is 24.0 Å². The molecule has 0 saturated heterocycles. The largest absolute Gasteiger partial charge is 0.463 e. The van der Waals surface area contributed by atoms with E-state index < -0.39 is 23.9 Å². The Kier molecular flexibility index (Phi) is 66.0. The minimum absolute atomic E-state index is 0.0645. The van der Waals surface area contributed by atoms with Crippen LogP contribution >= 0.6 is 0 Å². The van der Waals surface area contributed by atoms with Gasteiger partial charge in [-0.3, -0.25) is 47.9 Å². The number of nitrogens with one attached hydrogen (secondary N) is 3. The van der Waals surface area contributed by atoms with E-state index in [-0.39, 0.29) is 127 Å². The number of allylic oxidation sites excluding steroid dienone is 3. The lowest BCUT2D eigenvalue weighted by Gasteiger charge is -2.07. The zero-order valence-corrected chi connectivity index (χ0v) is 64.5. The molecular weight excluding hydrogens is 1330 g/mol. The van der Waals surface area contributed by atoms with E-state index in [1.165, 1.54) is 18.2 Å². The summed E-state index contributed by atoms with van der Waals surface area (Å²) in [5.74, 6) is -3.68. The van der Waals surface area contributed by atoms with Gasteiger partial charge in [0.25, 0.3) is 0 Å². The zero-order chi connectivity index (χ0) is 79.8. The number of unbranched alkanes of at least 4 members (excludes halogenated alkanes) is 8. The molecule has 0 aliphatic rings. The van der Waals surface area contributed by atoms with E-state index in [9.17, 15) is 71.9 Å². The Hall–Kier alpha value is -9.03. The molecule has 0 spiro atoms. The minimum atomic E-state index is -0.529. The second-order valence-electron chi connectivity index (χ2n) is 25.3. The monoisotopic (exact) mass is 1450 g/mol. The predicted molar refractivity (Wildman–Crippen MR) is 395 cm³/mol. The first-order valence-electron chi connectivity index (χ1n) is 35.3. The van der Waals surface area contributed by atoms with Gasteiger partial charge in [-0.1, -0.05) is 45.7 Å². The van der Waals surface area contributed by atoms with Crippen LogP contribution in [0.15, 0.2) is 97.2 Å². The Morgan fingerprint density at radius 3 is 0.796 bits per heavy atom. The number of rotatable bonds is 50. The smallest absolute Gasteiger partial charge is 0.333 e. The fourth-order valence-electron chi connectivity index (χ4n) is 7.23. The van der Waals surface area contributed by atoms with Crippen molar-refractivity contribution in [2.24, 2.45) is 0 Å². The van der Waals surface area contributed by atoms with Crippen LogP contribution in [0.4, 0.5) is 0 Å². The second-order valence-corrected chi connectivity index (χ2v) is 25.3. The maximum Gasteiger partial charge on any atom is 0.333 e. The molecule has 0 aliphatic carbocycles. The minimum Gasteiger partial charge on any atom is -0.463 e. The van der Waals surface area contributed by atoms with Crippen LogP contribution in [0.3, 0.4) is 0 Å². The van der Waals surface area contributed by atoms with E-state index in [0.29, 0.717) is 106 Å². The van der Waals surface area contributed by atoms with Gasteiger partial charge in [-0.05, 0) is 193 Å². The standard InChI is InChI=1S/C16H27NO4.C16H25NO4.C16H26O5.C16H24O5.C14H21NO4/c2*1-12(2)16(20)17-11-7-5-6-8-14(18)9-10-15(19)21-13(3)4;2*1-12(2)16(19)20-11-7-5-6-8-14(17)9-10-15(18)21-13(3)4;1-10(2)14(18)15-9-5-6-12(16)7-8-13(17)19-11(3)4/h13H,1,5-11H2,2-4H3,(H,17,20);9-10,13H,1,5-8,11H2,2-4H3,(H,17,20);13H,1,5-11H2,2-4H3;9-10,13H,1,5-8,11H2,2-4H3;7-8,11H,1,5-6,9H2,2-4H3,(H,15,18)/b;10-9+;;10-9+;8-7+. The molecule has 582 valence electrons. The molecular formula is C78H123N3O22. The molecule has 0 aromatic heterocycles. The summed E-state index contributed by atoms with van der Waals surface area (Å²) in [4.78, 5) is 169. The quantitative estimate of drug-likeness (QED) is 0.0220. The average Bonchev–Trinajstić information content (AvgIpc) is 1.55. The molecule has 0 unspecified atom stereocenters. The van der Waals surface area contributed by atoms with Gasteiger partial charge in [0.2, 0.25) is 17.7 Å². The topological polar surface area (TPSA) is 357 Å². The molecule has 0 fully saturated rings. The summed E-state index contributed by atoms with van der Waals surface area (Å²) in [5.41, 5.74) is 2.19. The van der Waals surface area contributed by atoms with Crippen LogP contribution in [0, 0.1) is 0 Å². The molecule has 0 aromatic rings. The highest BCUT2D eigenvalue weighted by atomic mass is 16.6. The normalized spacial score (nSPS) is 10.5. The molecule has 25 heteroatoms. The zero-order valence-electron chi connectivity index (χ0n) is 64.5. The van der Waals surface area contributed by atoms with Gasteiger partial charge in [-0.2, -0.15) is 0 Å². The molecule has 3 amide bonds. The van der Waals surface area contributed by atoms with Gasteiger partial charge in [0, 0.05) is 111 Å². The van der Waals surface area contributed by atoms with Gasteiger partial charge in [0.1, 0.15) is 11.6 Å². The number of ketones is 5. The second kappa shape index (κ2) is 66.2. The third-order valence-corrected chi connectivity index (χ3v) is 12.4. The first kappa shape index (κ1) is 103. The van der Waals surface area contributed by atoms with Gasteiger partial charge < -0.3 is 49.1 Å². The third kappa shape index (κ3) is 78.5. The van der Waals surface area contributed by atoms with Crippen molar-refractivity contribution in [3.05, 3.63) is 97.2 Å². The number of amides is 3. The fourth-order valence-corrected chi connectivity index (χ4v) is 7.23. The van der Waals surface area contributed by atoms with Crippen LogP contribution in [0.1, 0.15) is 245 Å². The number of esters is 7. The molecule has 0 saturated carbocycles. The Balaban J connectivity index is -0.000000389. The van der Waals surface area contributed by atoms with E-state index in [2.05, 4.69) is 48.8 Å². The highest BCUT2D eigenvalue weighted by Gasteiger charge is 2.13. The maximum atomic E-state index is 11.6. The van der Waals surface area contributed by atoms with Crippen molar-refractivity contribution in [2.45, 2.75) is 276 Å². The lowest BCUT2D eigenvalue weighted by molar-refractivity contribution is -0.149. The molecule has 0 rings (SSSR count). The summed E-state index contributed by atoms with van der Waals surface area (Å²) in [5, 5.41) is 8.10. The third-order valence-electron chi connectivity index (χ3n) is 12.4. The van der Waals surface area contributed by atoms with E-state index in [1.54, 1.807) is 104 Å². The van der Waals surface area contributed by atoms with E-state index in [4.69, 9.17) is 33.2 Å². The lowest BCUT2D eigenvalue weighted by atomic mass is 10.1. The van der Waals surface area contributed by atoms with Gasteiger partial charge >= 0.3 is 41.8 Å². The summed E-state index contributed by atoms with van der Waals surface area (Å²) >= 11 is 0. The van der Waals surface area contributed by atoms with Crippen molar-refractivity contribution < 1.29 is 105 Å². The van der Waals surface area contributed by atoms with Crippen LogP contribution in [-0.2, 0) is 105 Å². The summed E-state index contributed by atoms with van der Waals surface area (Å²) < 4.78 is 34.4. The van der Waals surface area contributed by atoms with Crippen molar-refractivity contribution in [2.75, 3.05) is 32.8 Å². The molecule has 0 atom stereocenters. The maximum absolute atomic E-state index is 11.6. The van der Waals surface area contributed by atoms with Crippen molar-refractivity contribution in [1.82, 2.24) is 16.0 Å². The highest BCUT2D eigenvalue weighted by Crippen LogP contribution is 2.10. The molecule has 103 heavy (non-hydrogen) atoms. The van der Waals surface area contributed by atoms with Crippen LogP contribution in [-0.4, -0.2) is 152 Å². The van der Waals surface area contributed by atoms with Crippen LogP contribution in [0.5, 0.6) is 0 Å². The predicted octanol–water partition coefficient (Wildman–Crippen LogP) is 12.1.